The molecule has 0 aromatic heterocycles. The molecule has 0 unspecified atom stereocenters. The highest BCUT2D eigenvalue weighted by Gasteiger charge is 2.08. The molecule has 4 N–H and O–H groups in total. The zero-order chi connectivity index (χ0) is 12.1. The first-order valence-electron chi connectivity index (χ1n) is 4.94. The van der Waals surface area contributed by atoms with Crippen LogP contribution in [-0.2, 0) is 0 Å². The lowest BCUT2D eigenvalue weighted by Crippen LogP contribution is -2.04. The van der Waals surface area contributed by atoms with Crippen LogP contribution in [0, 0.1) is 0 Å². The monoisotopic (exact) mass is 248 g/mol. The van der Waals surface area contributed by atoms with Crippen LogP contribution in [0.4, 0.5) is 0 Å². The Labute approximate surface area is 103 Å². The molecule has 0 heterocycles. The molecule has 5 heteroatoms. The highest BCUT2D eigenvalue weighted by atomic mass is 32.2. The molecule has 0 amide bonds. The van der Waals surface area contributed by atoms with Gasteiger partial charge < -0.3 is 9.68 Å². The molecule has 0 aliphatic heterocycles. The van der Waals surface area contributed by atoms with Gasteiger partial charge in [-0.1, -0.05) is 36.0 Å². The quantitative estimate of drug-likeness (QED) is 0.813. The second kappa shape index (κ2) is 5.58. The van der Waals surface area contributed by atoms with E-state index in [0.29, 0.717) is 11.5 Å². The second-order valence-electron chi connectivity index (χ2n) is 3.23. The first-order chi connectivity index (χ1) is 8.35. The minimum atomic E-state index is 0.615. The lowest BCUT2D eigenvalue weighted by molar-refractivity contribution is 0.324. The standard InChI is InChI=1S/C12H12N2O2S/c13-15-9-5-1-3-7-11(9)17-12-8-4-2-6-10(12)16-14/h1-8H,13-14H2. The predicted octanol–water partition coefficient (Wildman–Crippen LogP) is 2.34. The Morgan fingerprint density at radius 3 is 1.53 bits per heavy atom. The molecule has 17 heavy (non-hydrogen) atoms. The topological polar surface area (TPSA) is 70.5 Å². The number of hydrogen-bond donors (Lipinski definition) is 2. The number of hydrogen-bond acceptors (Lipinski definition) is 5. The molecule has 0 atom stereocenters. The van der Waals surface area contributed by atoms with Gasteiger partial charge in [-0.3, -0.25) is 0 Å². The Morgan fingerprint density at radius 1 is 0.706 bits per heavy atom. The van der Waals surface area contributed by atoms with Crippen molar-refractivity contribution >= 4 is 11.8 Å². The van der Waals surface area contributed by atoms with Crippen molar-refractivity contribution in [2.24, 2.45) is 11.8 Å². The lowest BCUT2D eigenvalue weighted by Gasteiger charge is -2.09. The average Bonchev–Trinajstić information content (AvgIpc) is 2.40. The van der Waals surface area contributed by atoms with Crippen LogP contribution in [0.1, 0.15) is 0 Å². The molecule has 0 saturated heterocycles. The third-order valence-corrected chi connectivity index (χ3v) is 3.29. The third kappa shape index (κ3) is 2.71. The fourth-order valence-corrected chi connectivity index (χ4v) is 2.35. The van der Waals surface area contributed by atoms with Gasteiger partial charge >= 0.3 is 0 Å². The van der Waals surface area contributed by atoms with Crippen LogP contribution < -0.4 is 21.5 Å². The van der Waals surface area contributed by atoms with Crippen molar-refractivity contribution in [1.82, 2.24) is 0 Å². The van der Waals surface area contributed by atoms with Gasteiger partial charge in [0.15, 0.2) is 11.5 Å². The van der Waals surface area contributed by atoms with Gasteiger partial charge in [0.25, 0.3) is 0 Å². The van der Waals surface area contributed by atoms with E-state index in [1.54, 1.807) is 12.1 Å². The molecule has 0 saturated carbocycles. The Balaban J connectivity index is 2.31. The van der Waals surface area contributed by atoms with E-state index in [1.807, 2.05) is 36.4 Å². The van der Waals surface area contributed by atoms with Gasteiger partial charge in [0.2, 0.25) is 0 Å². The molecule has 0 aliphatic carbocycles. The Morgan fingerprint density at radius 2 is 1.12 bits per heavy atom. The first kappa shape index (κ1) is 11.8. The van der Waals surface area contributed by atoms with Crippen molar-refractivity contribution in [1.29, 1.82) is 0 Å². The fourth-order valence-electron chi connectivity index (χ4n) is 1.38. The second-order valence-corrected chi connectivity index (χ2v) is 4.32. The van der Waals surface area contributed by atoms with E-state index < -0.39 is 0 Å². The van der Waals surface area contributed by atoms with Crippen LogP contribution in [0.15, 0.2) is 58.3 Å². The molecule has 0 radical (unpaired) electrons. The van der Waals surface area contributed by atoms with Crippen LogP contribution in [0.25, 0.3) is 0 Å². The summed E-state index contributed by atoms with van der Waals surface area (Å²) in [4.78, 5) is 11.4. The van der Waals surface area contributed by atoms with E-state index >= 15 is 0 Å². The Hall–Kier alpha value is -1.69. The van der Waals surface area contributed by atoms with E-state index in [-0.39, 0.29) is 0 Å². The molecule has 4 nitrogen and oxygen atoms in total. The van der Waals surface area contributed by atoms with Crippen LogP contribution in [0.3, 0.4) is 0 Å². The van der Waals surface area contributed by atoms with E-state index in [0.717, 1.165) is 9.79 Å². The minimum absolute atomic E-state index is 0.615. The van der Waals surface area contributed by atoms with Crippen molar-refractivity contribution < 1.29 is 9.68 Å². The van der Waals surface area contributed by atoms with Crippen LogP contribution in [-0.4, -0.2) is 0 Å². The van der Waals surface area contributed by atoms with Gasteiger partial charge in [0, 0.05) is 0 Å². The largest absolute Gasteiger partial charge is 0.410 e. The molecule has 2 rings (SSSR count). The summed E-state index contributed by atoms with van der Waals surface area (Å²) >= 11 is 1.48. The van der Waals surface area contributed by atoms with E-state index in [9.17, 15) is 0 Å². The highest BCUT2D eigenvalue weighted by molar-refractivity contribution is 7.99. The van der Waals surface area contributed by atoms with Crippen LogP contribution in [0.5, 0.6) is 11.5 Å². The number of rotatable bonds is 4. The van der Waals surface area contributed by atoms with Crippen LogP contribution >= 0.6 is 11.8 Å². The Kier molecular flexibility index (Phi) is 3.87. The van der Waals surface area contributed by atoms with Crippen molar-refractivity contribution in [3.05, 3.63) is 48.5 Å². The maximum atomic E-state index is 5.21. The van der Waals surface area contributed by atoms with E-state index in [1.165, 1.54) is 11.8 Å². The van der Waals surface area contributed by atoms with Crippen molar-refractivity contribution in [3.63, 3.8) is 0 Å². The fraction of sp³-hybridized carbons (Fsp3) is 0. The summed E-state index contributed by atoms with van der Waals surface area (Å²) in [6, 6.07) is 15.0. The average molecular weight is 248 g/mol. The van der Waals surface area contributed by atoms with Gasteiger partial charge in [-0.05, 0) is 24.3 Å². The van der Waals surface area contributed by atoms with E-state index in [2.05, 4.69) is 0 Å². The van der Waals surface area contributed by atoms with Crippen molar-refractivity contribution in [3.8, 4) is 11.5 Å². The van der Waals surface area contributed by atoms with Gasteiger partial charge in [-0.15, -0.1) is 0 Å². The molecule has 88 valence electrons. The van der Waals surface area contributed by atoms with Crippen LogP contribution in [0.2, 0.25) is 0 Å². The maximum Gasteiger partial charge on any atom is 0.160 e. The summed E-state index contributed by atoms with van der Waals surface area (Å²) in [5.41, 5.74) is 0. The summed E-state index contributed by atoms with van der Waals surface area (Å²) < 4.78 is 0. The van der Waals surface area contributed by atoms with Gasteiger partial charge in [0.1, 0.15) is 0 Å². The number of nitrogens with two attached hydrogens (primary N) is 2. The summed E-state index contributed by atoms with van der Waals surface area (Å²) in [5, 5.41) is 0. The molecule has 0 fully saturated rings. The summed E-state index contributed by atoms with van der Waals surface area (Å²) in [6.45, 7) is 0. The SMILES string of the molecule is NOc1ccccc1Sc1ccccc1ON. The molecular formula is C12H12N2O2S. The zero-order valence-corrected chi connectivity index (χ0v) is 9.81. The third-order valence-electron chi connectivity index (χ3n) is 2.17. The van der Waals surface area contributed by atoms with Gasteiger partial charge in [-0.2, -0.15) is 11.8 Å². The van der Waals surface area contributed by atoms with Crippen molar-refractivity contribution in [2.45, 2.75) is 9.79 Å². The molecule has 0 spiro atoms. The normalized spacial score (nSPS) is 10.0. The zero-order valence-electron chi connectivity index (χ0n) is 9.00. The molecule has 2 aromatic carbocycles. The predicted molar refractivity (Wildman–Crippen MR) is 66.6 cm³/mol. The molecule has 0 bridgehead atoms. The smallest absolute Gasteiger partial charge is 0.160 e. The lowest BCUT2D eigenvalue weighted by atomic mass is 10.3. The molecule has 2 aromatic rings. The summed E-state index contributed by atoms with van der Waals surface area (Å²) in [5.74, 6) is 11.6. The summed E-state index contributed by atoms with van der Waals surface area (Å²) in [7, 11) is 0. The maximum absolute atomic E-state index is 5.21. The number of benzene rings is 2. The Bertz CT molecular complexity index is 460. The van der Waals surface area contributed by atoms with Crippen molar-refractivity contribution in [2.75, 3.05) is 0 Å². The van der Waals surface area contributed by atoms with Gasteiger partial charge in [0.05, 0.1) is 9.79 Å². The van der Waals surface area contributed by atoms with Gasteiger partial charge in [-0.25, -0.2) is 0 Å². The van der Waals surface area contributed by atoms with E-state index in [4.69, 9.17) is 21.5 Å². The number of para-hydroxylation sites is 2. The minimum Gasteiger partial charge on any atom is -0.410 e. The summed E-state index contributed by atoms with van der Waals surface area (Å²) in [6.07, 6.45) is 0. The first-order valence-corrected chi connectivity index (χ1v) is 5.76. The molecule has 0 aliphatic rings. The highest BCUT2D eigenvalue weighted by Crippen LogP contribution is 2.38. The molecular weight excluding hydrogens is 236 g/mol.